The highest BCUT2D eigenvalue weighted by Gasteiger charge is 2.24. The quantitative estimate of drug-likeness (QED) is 0.372. The van der Waals surface area contributed by atoms with Gasteiger partial charge in [0.05, 0.1) is 3.57 Å². The highest BCUT2D eigenvalue weighted by Crippen LogP contribution is 2.32. The van der Waals surface area contributed by atoms with Crippen molar-refractivity contribution in [2.24, 2.45) is 0 Å². The van der Waals surface area contributed by atoms with E-state index in [2.05, 4.69) is 33.2 Å². The molecule has 0 unspecified atom stereocenters. The van der Waals surface area contributed by atoms with Crippen LogP contribution in [-0.2, 0) is 22.4 Å². The van der Waals surface area contributed by atoms with Crippen LogP contribution < -0.4 is 20.1 Å². The van der Waals surface area contributed by atoms with Crippen molar-refractivity contribution in [1.29, 1.82) is 0 Å². The Bertz CT molecular complexity index is 979. The van der Waals surface area contributed by atoms with E-state index in [9.17, 15) is 9.59 Å². The van der Waals surface area contributed by atoms with E-state index in [0.717, 1.165) is 11.1 Å². The number of amides is 2. The van der Waals surface area contributed by atoms with Crippen LogP contribution in [0.5, 0.6) is 11.5 Å². The van der Waals surface area contributed by atoms with E-state index in [-0.39, 0.29) is 11.8 Å². The average molecular weight is 558 g/mol. The highest BCUT2D eigenvalue weighted by molar-refractivity contribution is 14.1. The number of rotatable bonds is 10. The van der Waals surface area contributed by atoms with E-state index in [1.165, 1.54) is 0 Å². The highest BCUT2D eigenvalue weighted by atomic mass is 127. The predicted molar refractivity (Wildman–Crippen MR) is 136 cm³/mol. The molecule has 3 rings (SSSR count). The van der Waals surface area contributed by atoms with Crippen LogP contribution in [0.3, 0.4) is 0 Å². The van der Waals surface area contributed by atoms with Crippen LogP contribution in [-0.4, -0.2) is 38.1 Å². The lowest BCUT2D eigenvalue weighted by atomic mass is 10.1. The molecule has 0 aliphatic carbocycles. The Labute approximate surface area is 207 Å². The van der Waals surface area contributed by atoms with Gasteiger partial charge in [-0.2, -0.15) is 0 Å². The fourth-order valence-electron chi connectivity index (χ4n) is 3.33. The molecule has 2 N–H and O–H groups in total. The second kappa shape index (κ2) is 12.2. The van der Waals surface area contributed by atoms with Crippen molar-refractivity contribution < 1.29 is 19.1 Å². The first-order valence-corrected chi connectivity index (χ1v) is 11.7. The molecule has 3 aromatic rings. The standard InChI is InChI=1S/C26H27IN2O4/c1-28-25(30)22(16-18-10-5-3-6-11-18)32-20-14-9-15-21(24(20)27)33-23(26(31)29-2)17-19-12-7-4-8-13-19/h3-15,22-23H,16-17H2,1-2H3,(H,28,30)(H,29,31)/t22-,23-/m1/s1. The van der Waals surface area contributed by atoms with Gasteiger partial charge in [0.15, 0.2) is 12.2 Å². The van der Waals surface area contributed by atoms with Crippen LogP contribution in [0, 0.1) is 3.57 Å². The molecule has 0 saturated heterocycles. The van der Waals surface area contributed by atoms with Crippen molar-refractivity contribution in [3.8, 4) is 11.5 Å². The summed E-state index contributed by atoms with van der Waals surface area (Å²) in [5.41, 5.74) is 1.99. The van der Waals surface area contributed by atoms with Crippen molar-refractivity contribution in [3.63, 3.8) is 0 Å². The lowest BCUT2D eigenvalue weighted by molar-refractivity contribution is -0.127. The topological polar surface area (TPSA) is 76.7 Å². The summed E-state index contributed by atoms with van der Waals surface area (Å²) >= 11 is 2.13. The molecule has 0 aromatic heterocycles. The van der Waals surface area contributed by atoms with E-state index in [1.54, 1.807) is 32.3 Å². The van der Waals surface area contributed by atoms with Gasteiger partial charge in [0.1, 0.15) is 11.5 Å². The number of carbonyl (C=O) groups is 2. The van der Waals surface area contributed by atoms with Crippen LogP contribution in [0.1, 0.15) is 11.1 Å². The molecule has 2 atom stereocenters. The van der Waals surface area contributed by atoms with E-state index in [4.69, 9.17) is 9.47 Å². The van der Waals surface area contributed by atoms with Crippen molar-refractivity contribution >= 4 is 34.4 Å². The molecule has 172 valence electrons. The summed E-state index contributed by atoms with van der Waals surface area (Å²) in [6.07, 6.45) is -0.562. The monoisotopic (exact) mass is 558 g/mol. The van der Waals surface area contributed by atoms with Gasteiger partial charge < -0.3 is 20.1 Å². The Balaban J connectivity index is 1.81. The minimum atomic E-state index is -0.708. The summed E-state index contributed by atoms with van der Waals surface area (Å²) in [6.45, 7) is 0. The molecule has 0 spiro atoms. The minimum Gasteiger partial charge on any atom is -0.479 e. The summed E-state index contributed by atoms with van der Waals surface area (Å²) in [5, 5.41) is 5.34. The lowest BCUT2D eigenvalue weighted by Crippen LogP contribution is -2.38. The summed E-state index contributed by atoms with van der Waals surface area (Å²) in [7, 11) is 3.18. The summed E-state index contributed by atoms with van der Waals surface area (Å²) in [4.78, 5) is 25.0. The van der Waals surface area contributed by atoms with Gasteiger partial charge in [-0.15, -0.1) is 0 Å². The zero-order valence-corrected chi connectivity index (χ0v) is 20.7. The molecule has 2 amide bonds. The van der Waals surface area contributed by atoms with E-state index < -0.39 is 12.2 Å². The fourth-order valence-corrected chi connectivity index (χ4v) is 3.95. The summed E-state index contributed by atoms with van der Waals surface area (Å²) in [6, 6.07) is 24.8. The van der Waals surface area contributed by atoms with E-state index in [0.29, 0.717) is 27.9 Å². The SMILES string of the molecule is CNC(=O)[C@@H](Cc1ccccc1)Oc1cccc(O[C@H](Cc2ccccc2)C(=O)NC)c1I. The zero-order chi connectivity index (χ0) is 23.6. The summed E-state index contributed by atoms with van der Waals surface area (Å²) < 4.78 is 13.0. The molecule has 0 bridgehead atoms. The second-order valence-corrected chi connectivity index (χ2v) is 8.47. The van der Waals surface area contributed by atoms with Gasteiger partial charge in [-0.1, -0.05) is 66.7 Å². The largest absolute Gasteiger partial charge is 0.479 e. The van der Waals surface area contributed by atoms with Gasteiger partial charge in [-0.25, -0.2) is 0 Å². The van der Waals surface area contributed by atoms with Crippen LogP contribution >= 0.6 is 22.6 Å². The van der Waals surface area contributed by atoms with Gasteiger partial charge in [-0.3, -0.25) is 9.59 Å². The van der Waals surface area contributed by atoms with Crippen molar-refractivity contribution in [2.75, 3.05) is 14.1 Å². The second-order valence-electron chi connectivity index (χ2n) is 7.39. The first-order chi connectivity index (χ1) is 16.0. The zero-order valence-electron chi connectivity index (χ0n) is 18.6. The first-order valence-electron chi connectivity index (χ1n) is 10.6. The van der Waals surface area contributed by atoms with Crippen molar-refractivity contribution in [3.05, 3.63) is 93.6 Å². The van der Waals surface area contributed by atoms with E-state index >= 15 is 0 Å². The third kappa shape index (κ3) is 6.95. The van der Waals surface area contributed by atoms with Crippen LogP contribution in [0.25, 0.3) is 0 Å². The molecule has 6 nitrogen and oxygen atoms in total. The third-order valence-corrected chi connectivity index (χ3v) is 6.14. The van der Waals surface area contributed by atoms with Gasteiger partial charge in [-0.05, 0) is 45.9 Å². The maximum atomic E-state index is 12.5. The number of halogens is 1. The molecule has 7 heteroatoms. The lowest BCUT2D eigenvalue weighted by Gasteiger charge is -2.22. The number of carbonyl (C=O) groups excluding carboxylic acids is 2. The predicted octanol–water partition coefficient (Wildman–Crippen LogP) is 3.76. The number of likely N-dealkylation sites (N-methyl/N-ethyl adjacent to an activating group) is 2. The maximum absolute atomic E-state index is 12.5. The molecule has 0 aliphatic rings. The van der Waals surface area contributed by atoms with Gasteiger partial charge in [0.25, 0.3) is 11.8 Å². The molecule has 33 heavy (non-hydrogen) atoms. The molecule has 0 radical (unpaired) electrons. The molecule has 0 fully saturated rings. The molecule has 3 aromatic carbocycles. The number of hydrogen-bond donors (Lipinski definition) is 2. The molecular weight excluding hydrogens is 531 g/mol. The minimum absolute atomic E-state index is 0.215. The van der Waals surface area contributed by atoms with Crippen LogP contribution in [0.15, 0.2) is 78.9 Å². The molecule has 0 aliphatic heterocycles. The van der Waals surface area contributed by atoms with Crippen LogP contribution in [0.4, 0.5) is 0 Å². The number of hydrogen-bond acceptors (Lipinski definition) is 4. The number of nitrogens with one attached hydrogen (secondary N) is 2. The normalized spacial score (nSPS) is 12.3. The Morgan fingerprint density at radius 1 is 0.697 bits per heavy atom. The molecule has 0 heterocycles. The van der Waals surface area contributed by atoms with Crippen molar-refractivity contribution in [1.82, 2.24) is 10.6 Å². The van der Waals surface area contributed by atoms with Crippen LogP contribution in [0.2, 0.25) is 0 Å². The first kappa shape index (κ1) is 24.6. The molecular formula is C26H27IN2O4. The molecule has 0 saturated carbocycles. The number of ether oxygens (including phenoxy) is 2. The van der Waals surface area contributed by atoms with Gasteiger partial charge in [0, 0.05) is 26.9 Å². The van der Waals surface area contributed by atoms with E-state index in [1.807, 2.05) is 60.7 Å². The van der Waals surface area contributed by atoms with Gasteiger partial charge >= 0.3 is 0 Å². The summed E-state index contributed by atoms with van der Waals surface area (Å²) in [5.74, 6) is 0.613. The Kier molecular flexibility index (Phi) is 9.12. The number of benzene rings is 3. The van der Waals surface area contributed by atoms with Crippen molar-refractivity contribution in [2.45, 2.75) is 25.0 Å². The average Bonchev–Trinajstić information content (AvgIpc) is 2.85. The Morgan fingerprint density at radius 2 is 1.09 bits per heavy atom. The van der Waals surface area contributed by atoms with Gasteiger partial charge in [0.2, 0.25) is 0 Å². The Hall–Kier alpha value is -3.07. The fraction of sp³-hybridized carbons (Fsp3) is 0.231. The smallest absolute Gasteiger partial charge is 0.261 e. The Morgan fingerprint density at radius 3 is 1.45 bits per heavy atom. The third-order valence-electron chi connectivity index (χ3n) is 5.07. The maximum Gasteiger partial charge on any atom is 0.261 e.